The van der Waals surface area contributed by atoms with Gasteiger partial charge in [0.1, 0.15) is 25.6 Å². The van der Waals surface area contributed by atoms with Gasteiger partial charge in [0.2, 0.25) is 0 Å². The Kier molecular flexibility index (Phi) is 12.0. The van der Waals surface area contributed by atoms with Gasteiger partial charge in [0.05, 0.1) is 19.3 Å². The standard InChI is InChI=1S/C28H28O9/c1-3-25(30)35-18-19-36-27(32)15-14-26(31)34-17-16-28(33)37-24-12-10-23(11-13-24)22-8-6-21(7-9-22)5-4-20(2)29/h3-13H,1,14-19H2,2H3/b5-4+. The second kappa shape index (κ2) is 15.5. The Hall–Kier alpha value is -4.53. The number of hydrogen-bond acceptors (Lipinski definition) is 9. The van der Waals surface area contributed by atoms with E-state index in [0.29, 0.717) is 5.75 Å². The second-order valence-electron chi connectivity index (χ2n) is 7.63. The van der Waals surface area contributed by atoms with Crippen molar-refractivity contribution in [2.75, 3.05) is 19.8 Å². The van der Waals surface area contributed by atoms with Crippen molar-refractivity contribution in [3.05, 3.63) is 72.8 Å². The van der Waals surface area contributed by atoms with Crippen molar-refractivity contribution in [3.63, 3.8) is 0 Å². The molecule has 0 saturated carbocycles. The molecule has 0 aliphatic carbocycles. The van der Waals surface area contributed by atoms with Gasteiger partial charge in [-0.2, -0.15) is 0 Å². The molecule has 0 unspecified atom stereocenters. The van der Waals surface area contributed by atoms with Gasteiger partial charge in [0, 0.05) is 6.08 Å². The van der Waals surface area contributed by atoms with E-state index in [0.717, 1.165) is 22.8 Å². The minimum atomic E-state index is -0.657. The van der Waals surface area contributed by atoms with Crippen LogP contribution in [0.15, 0.2) is 67.3 Å². The minimum absolute atomic E-state index is 0.0204. The lowest BCUT2D eigenvalue weighted by atomic mass is 10.0. The molecule has 194 valence electrons. The minimum Gasteiger partial charge on any atom is -0.465 e. The Bertz CT molecular complexity index is 1130. The second-order valence-corrected chi connectivity index (χ2v) is 7.63. The molecule has 0 aromatic heterocycles. The first-order chi connectivity index (χ1) is 17.8. The Morgan fingerprint density at radius 3 is 1.81 bits per heavy atom. The zero-order valence-corrected chi connectivity index (χ0v) is 20.5. The molecule has 2 aromatic carbocycles. The van der Waals surface area contributed by atoms with Gasteiger partial charge in [0.15, 0.2) is 5.78 Å². The zero-order valence-electron chi connectivity index (χ0n) is 20.5. The Morgan fingerprint density at radius 1 is 0.703 bits per heavy atom. The highest BCUT2D eigenvalue weighted by Gasteiger charge is 2.12. The number of esters is 4. The zero-order chi connectivity index (χ0) is 27.0. The number of allylic oxidation sites excluding steroid dienone is 1. The number of carbonyl (C=O) groups excluding carboxylic acids is 5. The number of hydrogen-bond donors (Lipinski definition) is 0. The average Bonchev–Trinajstić information content (AvgIpc) is 2.89. The lowest BCUT2D eigenvalue weighted by Crippen LogP contribution is -2.16. The van der Waals surface area contributed by atoms with Crippen LogP contribution in [0.3, 0.4) is 0 Å². The summed E-state index contributed by atoms with van der Waals surface area (Å²) in [6.07, 6.45) is 3.67. The van der Waals surface area contributed by atoms with E-state index in [1.807, 2.05) is 36.4 Å². The summed E-state index contributed by atoms with van der Waals surface area (Å²) < 4.78 is 19.6. The summed E-state index contributed by atoms with van der Waals surface area (Å²) in [6.45, 7) is 4.29. The molecule has 37 heavy (non-hydrogen) atoms. The maximum atomic E-state index is 12.0. The van der Waals surface area contributed by atoms with E-state index in [4.69, 9.17) is 14.2 Å². The van der Waals surface area contributed by atoms with Gasteiger partial charge in [0.25, 0.3) is 0 Å². The third kappa shape index (κ3) is 11.6. The monoisotopic (exact) mass is 508 g/mol. The van der Waals surface area contributed by atoms with Crippen LogP contribution in [0, 0.1) is 0 Å². The molecule has 0 radical (unpaired) electrons. The van der Waals surface area contributed by atoms with Crippen LogP contribution in [0.25, 0.3) is 17.2 Å². The lowest BCUT2D eigenvalue weighted by Gasteiger charge is -2.08. The Labute approximate surface area is 214 Å². The smallest absolute Gasteiger partial charge is 0.330 e. The summed E-state index contributed by atoms with van der Waals surface area (Å²) in [5, 5.41) is 0. The molecule has 0 atom stereocenters. The fraction of sp³-hybridized carbons (Fsp3) is 0.250. The van der Waals surface area contributed by atoms with Crippen LogP contribution >= 0.6 is 0 Å². The molecule has 0 bridgehead atoms. The van der Waals surface area contributed by atoms with Crippen LogP contribution in [0.2, 0.25) is 0 Å². The molecule has 2 rings (SSSR count). The van der Waals surface area contributed by atoms with Gasteiger partial charge >= 0.3 is 23.9 Å². The van der Waals surface area contributed by atoms with Crippen molar-refractivity contribution in [2.45, 2.75) is 26.2 Å². The van der Waals surface area contributed by atoms with E-state index < -0.39 is 23.9 Å². The van der Waals surface area contributed by atoms with Crippen molar-refractivity contribution in [3.8, 4) is 16.9 Å². The van der Waals surface area contributed by atoms with Gasteiger partial charge in [-0.15, -0.1) is 0 Å². The highest BCUT2D eigenvalue weighted by Crippen LogP contribution is 2.23. The fourth-order valence-corrected chi connectivity index (χ4v) is 2.85. The lowest BCUT2D eigenvalue weighted by molar-refractivity contribution is -0.153. The van der Waals surface area contributed by atoms with Gasteiger partial charge in [-0.3, -0.25) is 19.2 Å². The van der Waals surface area contributed by atoms with Crippen LogP contribution in [0.5, 0.6) is 5.75 Å². The molecule has 0 fully saturated rings. The fourth-order valence-electron chi connectivity index (χ4n) is 2.85. The molecule has 9 heteroatoms. The SMILES string of the molecule is C=CC(=O)OCCOC(=O)CCC(=O)OCCC(=O)Oc1ccc(-c2ccc(/C=C/C(C)=O)cc2)cc1. The molecule has 0 saturated heterocycles. The molecular weight excluding hydrogens is 480 g/mol. The first kappa shape index (κ1) is 28.7. The van der Waals surface area contributed by atoms with Crippen LogP contribution in [-0.4, -0.2) is 49.5 Å². The Morgan fingerprint density at radius 2 is 1.24 bits per heavy atom. The first-order valence-electron chi connectivity index (χ1n) is 11.5. The summed E-state index contributed by atoms with van der Waals surface area (Å²) in [4.78, 5) is 57.2. The molecule has 0 aliphatic heterocycles. The summed E-state index contributed by atoms with van der Waals surface area (Å²) in [7, 11) is 0. The maximum Gasteiger partial charge on any atom is 0.330 e. The third-order valence-electron chi connectivity index (χ3n) is 4.70. The molecular formula is C28H28O9. The van der Waals surface area contributed by atoms with E-state index in [9.17, 15) is 24.0 Å². The van der Waals surface area contributed by atoms with E-state index in [2.05, 4.69) is 11.3 Å². The average molecular weight is 509 g/mol. The van der Waals surface area contributed by atoms with E-state index in [-0.39, 0.29) is 44.9 Å². The molecule has 2 aromatic rings. The van der Waals surface area contributed by atoms with Crippen molar-refractivity contribution in [2.24, 2.45) is 0 Å². The number of carbonyl (C=O) groups is 5. The highest BCUT2D eigenvalue weighted by atomic mass is 16.6. The van der Waals surface area contributed by atoms with Crippen LogP contribution in [0.1, 0.15) is 31.7 Å². The maximum absolute atomic E-state index is 12.0. The van der Waals surface area contributed by atoms with Crippen molar-refractivity contribution < 1.29 is 42.9 Å². The molecule has 0 N–H and O–H groups in total. The van der Waals surface area contributed by atoms with Crippen molar-refractivity contribution in [1.82, 2.24) is 0 Å². The van der Waals surface area contributed by atoms with Crippen LogP contribution in [0.4, 0.5) is 0 Å². The topological polar surface area (TPSA) is 122 Å². The largest absolute Gasteiger partial charge is 0.465 e. The number of ether oxygens (including phenoxy) is 4. The summed E-state index contributed by atoms with van der Waals surface area (Å²) >= 11 is 0. The van der Waals surface area contributed by atoms with Crippen molar-refractivity contribution >= 4 is 35.7 Å². The molecule has 0 spiro atoms. The van der Waals surface area contributed by atoms with E-state index in [1.165, 1.54) is 13.0 Å². The number of rotatable bonds is 14. The highest BCUT2D eigenvalue weighted by molar-refractivity contribution is 5.91. The third-order valence-corrected chi connectivity index (χ3v) is 4.70. The summed E-state index contributed by atoms with van der Waals surface area (Å²) in [5.41, 5.74) is 2.80. The van der Waals surface area contributed by atoms with E-state index >= 15 is 0 Å². The Balaban J connectivity index is 1.66. The molecule has 0 amide bonds. The van der Waals surface area contributed by atoms with Gasteiger partial charge in [-0.25, -0.2) is 4.79 Å². The quantitative estimate of drug-likeness (QED) is 0.123. The molecule has 0 aliphatic rings. The molecule has 0 heterocycles. The van der Waals surface area contributed by atoms with Gasteiger partial charge < -0.3 is 18.9 Å². The normalized spacial score (nSPS) is 10.4. The van der Waals surface area contributed by atoms with Gasteiger partial charge in [-0.1, -0.05) is 49.1 Å². The number of ketones is 1. The summed E-state index contributed by atoms with van der Waals surface area (Å²) in [5.74, 6) is -2.17. The molecule has 9 nitrogen and oxygen atoms in total. The van der Waals surface area contributed by atoms with Crippen LogP contribution in [-0.2, 0) is 38.2 Å². The predicted octanol–water partition coefficient (Wildman–Crippen LogP) is 3.85. The number of benzene rings is 2. The van der Waals surface area contributed by atoms with Gasteiger partial charge in [-0.05, 0) is 41.8 Å². The summed E-state index contributed by atoms with van der Waals surface area (Å²) in [6, 6.07) is 14.6. The van der Waals surface area contributed by atoms with Crippen LogP contribution < -0.4 is 4.74 Å². The predicted molar refractivity (Wildman–Crippen MR) is 134 cm³/mol. The van der Waals surface area contributed by atoms with Crippen molar-refractivity contribution in [1.29, 1.82) is 0 Å². The van der Waals surface area contributed by atoms with E-state index in [1.54, 1.807) is 18.2 Å². The first-order valence-corrected chi connectivity index (χ1v) is 11.5.